The van der Waals surface area contributed by atoms with E-state index < -0.39 is 0 Å². The van der Waals surface area contributed by atoms with Crippen molar-refractivity contribution in [2.24, 2.45) is 0 Å². The van der Waals surface area contributed by atoms with Crippen LogP contribution in [0.5, 0.6) is 0 Å². The van der Waals surface area contributed by atoms with E-state index in [2.05, 4.69) is 302 Å². The smallest absolute Gasteiger partial charge is 0.0467 e. The molecule has 0 saturated heterocycles. The van der Waals surface area contributed by atoms with E-state index in [1.165, 1.54) is 99.1 Å². The topological polar surface area (TPSA) is 3.24 Å². The second-order valence-corrected chi connectivity index (χ2v) is 18.9. The lowest BCUT2D eigenvalue weighted by atomic mass is 9.87. The molecule has 0 atom stereocenters. The minimum atomic E-state index is 1.07. The highest BCUT2D eigenvalue weighted by molar-refractivity contribution is 6.24. The van der Waals surface area contributed by atoms with Gasteiger partial charge in [-0.1, -0.05) is 249 Å². The first-order chi connectivity index (χ1) is 36.2. The Morgan fingerprint density at radius 1 is 0.178 bits per heavy atom. The molecule has 13 aromatic rings. The first-order valence-corrected chi connectivity index (χ1v) is 25.1. The van der Waals surface area contributed by atoms with Gasteiger partial charge in [-0.3, -0.25) is 0 Å². The molecule has 0 unspecified atom stereocenters. The van der Waals surface area contributed by atoms with Gasteiger partial charge in [0, 0.05) is 17.1 Å². The molecule has 0 spiro atoms. The highest BCUT2D eigenvalue weighted by Gasteiger charge is 2.19. The second kappa shape index (κ2) is 19.0. The minimum Gasteiger partial charge on any atom is -0.310 e. The molecule has 0 aliphatic heterocycles. The average Bonchev–Trinajstić information content (AvgIpc) is 3.48. The Morgan fingerprint density at radius 2 is 0.589 bits per heavy atom. The molecule has 1 heteroatoms. The lowest BCUT2D eigenvalue weighted by Crippen LogP contribution is -2.10. The standard InChI is InChI=1S/C72H49N/c1-4-16-50(17-5-1)52-30-32-54(33-31-52)55-38-42-63(43-39-55)73(64-26-14-24-59(46-64)56-36-34-53(35-37-56)51-18-6-2-7-19-51)65-27-15-25-60(47-65)66-44-41-62(49-70(66)57-20-8-3-9-21-57)71-48-61-23-11-13-29-68(61)72-67-28-12-10-22-58(67)40-45-69(71)72/h1-49H. The largest absolute Gasteiger partial charge is 0.310 e. The predicted molar refractivity (Wildman–Crippen MR) is 312 cm³/mol. The van der Waals surface area contributed by atoms with Crippen molar-refractivity contribution in [1.29, 1.82) is 0 Å². The van der Waals surface area contributed by atoms with Crippen LogP contribution in [0.15, 0.2) is 297 Å². The van der Waals surface area contributed by atoms with Crippen LogP contribution in [0.4, 0.5) is 17.1 Å². The van der Waals surface area contributed by atoms with Crippen LogP contribution < -0.4 is 4.90 Å². The Kier molecular flexibility index (Phi) is 11.3. The zero-order chi connectivity index (χ0) is 48.5. The molecule has 0 saturated carbocycles. The average molecular weight is 928 g/mol. The van der Waals surface area contributed by atoms with E-state index in [9.17, 15) is 0 Å². The maximum Gasteiger partial charge on any atom is 0.0467 e. The Balaban J connectivity index is 0.926. The van der Waals surface area contributed by atoms with Gasteiger partial charge in [-0.05, 0) is 159 Å². The first kappa shape index (κ1) is 43.5. The summed E-state index contributed by atoms with van der Waals surface area (Å²) >= 11 is 0. The van der Waals surface area contributed by atoms with Gasteiger partial charge in [0.2, 0.25) is 0 Å². The number of nitrogens with zero attached hydrogens (tertiary/aromatic N) is 1. The Morgan fingerprint density at radius 3 is 1.18 bits per heavy atom. The maximum atomic E-state index is 2.41. The molecule has 0 aliphatic carbocycles. The van der Waals surface area contributed by atoms with Gasteiger partial charge in [0.15, 0.2) is 0 Å². The van der Waals surface area contributed by atoms with Crippen LogP contribution in [0.2, 0.25) is 0 Å². The van der Waals surface area contributed by atoms with E-state index in [-0.39, 0.29) is 0 Å². The summed E-state index contributed by atoms with van der Waals surface area (Å²) in [4.78, 5) is 2.40. The van der Waals surface area contributed by atoms with Gasteiger partial charge < -0.3 is 4.90 Å². The van der Waals surface area contributed by atoms with Gasteiger partial charge in [-0.15, -0.1) is 0 Å². The normalized spacial score (nSPS) is 11.3. The molecule has 0 aromatic heterocycles. The highest BCUT2D eigenvalue weighted by atomic mass is 15.1. The SMILES string of the molecule is c1ccc(-c2ccc(-c3ccc(N(c4cccc(-c5ccc(-c6ccccc6)cc5)c4)c4cccc(-c5ccc(-c6cc7ccccc7c7c6ccc6ccccc67)cc5-c5ccccc5)c4)cc3)cc2)cc1. The van der Waals surface area contributed by atoms with Gasteiger partial charge in [0.1, 0.15) is 0 Å². The molecule has 0 heterocycles. The highest BCUT2D eigenvalue weighted by Crippen LogP contribution is 2.44. The van der Waals surface area contributed by atoms with E-state index in [4.69, 9.17) is 0 Å². The fourth-order valence-corrected chi connectivity index (χ4v) is 10.8. The van der Waals surface area contributed by atoms with Crippen molar-refractivity contribution in [1.82, 2.24) is 0 Å². The van der Waals surface area contributed by atoms with Crippen molar-refractivity contribution in [3.8, 4) is 77.9 Å². The van der Waals surface area contributed by atoms with Crippen LogP contribution in [0.1, 0.15) is 0 Å². The molecule has 0 fully saturated rings. The summed E-state index contributed by atoms with van der Waals surface area (Å²) in [7, 11) is 0. The molecular formula is C72H49N. The molecule has 1 nitrogen and oxygen atoms in total. The van der Waals surface area contributed by atoms with E-state index in [0.29, 0.717) is 0 Å². The van der Waals surface area contributed by atoms with Crippen molar-refractivity contribution >= 4 is 49.4 Å². The number of anilines is 3. The molecule has 13 aromatic carbocycles. The molecular weight excluding hydrogens is 879 g/mol. The summed E-state index contributed by atoms with van der Waals surface area (Å²) in [5.41, 5.74) is 19.9. The van der Waals surface area contributed by atoms with Gasteiger partial charge >= 0.3 is 0 Å². The number of hydrogen-bond donors (Lipinski definition) is 0. The Hall–Kier alpha value is -9.56. The Bertz CT molecular complexity index is 4070. The number of rotatable bonds is 10. The minimum absolute atomic E-state index is 1.07. The monoisotopic (exact) mass is 927 g/mol. The lowest BCUT2D eigenvalue weighted by Gasteiger charge is -2.27. The summed E-state index contributed by atoms with van der Waals surface area (Å²) in [6, 6.07) is 108. The van der Waals surface area contributed by atoms with Crippen molar-refractivity contribution in [2.45, 2.75) is 0 Å². The van der Waals surface area contributed by atoms with Crippen molar-refractivity contribution in [3.63, 3.8) is 0 Å². The van der Waals surface area contributed by atoms with E-state index in [1.54, 1.807) is 0 Å². The van der Waals surface area contributed by atoms with Gasteiger partial charge in [0.05, 0.1) is 0 Å². The van der Waals surface area contributed by atoms with Crippen LogP contribution in [-0.2, 0) is 0 Å². The molecule has 0 N–H and O–H groups in total. The predicted octanol–water partition coefficient (Wildman–Crippen LogP) is 20.3. The first-order valence-electron chi connectivity index (χ1n) is 25.1. The fourth-order valence-electron chi connectivity index (χ4n) is 10.8. The summed E-state index contributed by atoms with van der Waals surface area (Å²) in [5, 5.41) is 7.59. The van der Waals surface area contributed by atoms with Crippen molar-refractivity contribution in [3.05, 3.63) is 297 Å². The van der Waals surface area contributed by atoms with E-state index in [0.717, 1.165) is 28.2 Å². The van der Waals surface area contributed by atoms with Crippen LogP contribution in [0.25, 0.3) is 110 Å². The van der Waals surface area contributed by atoms with Crippen molar-refractivity contribution < 1.29 is 0 Å². The molecule has 0 aliphatic rings. The fraction of sp³-hybridized carbons (Fsp3) is 0. The zero-order valence-corrected chi connectivity index (χ0v) is 40.2. The van der Waals surface area contributed by atoms with Gasteiger partial charge in [-0.2, -0.15) is 0 Å². The molecule has 0 radical (unpaired) electrons. The van der Waals surface area contributed by atoms with E-state index in [1.807, 2.05) is 0 Å². The van der Waals surface area contributed by atoms with Gasteiger partial charge in [0.25, 0.3) is 0 Å². The zero-order valence-electron chi connectivity index (χ0n) is 40.2. The summed E-state index contributed by atoms with van der Waals surface area (Å²) in [5.74, 6) is 0. The summed E-state index contributed by atoms with van der Waals surface area (Å²) in [6.07, 6.45) is 0. The second-order valence-electron chi connectivity index (χ2n) is 18.9. The van der Waals surface area contributed by atoms with Crippen LogP contribution in [0.3, 0.4) is 0 Å². The van der Waals surface area contributed by atoms with E-state index >= 15 is 0 Å². The quantitative estimate of drug-likeness (QED) is 0.124. The molecule has 0 bridgehead atoms. The molecule has 73 heavy (non-hydrogen) atoms. The van der Waals surface area contributed by atoms with Crippen molar-refractivity contribution in [2.75, 3.05) is 4.90 Å². The summed E-state index contributed by atoms with van der Waals surface area (Å²) in [6.45, 7) is 0. The van der Waals surface area contributed by atoms with Crippen LogP contribution >= 0.6 is 0 Å². The number of fused-ring (bicyclic) bond motifs is 5. The van der Waals surface area contributed by atoms with Crippen LogP contribution in [0, 0.1) is 0 Å². The third-order valence-corrected chi connectivity index (χ3v) is 14.5. The maximum absolute atomic E-state index is 2.41. The number of hydrogen-bond acceptors (Lipinski definition) is 1. The summed E-state index contributed by atoms with van der Waals surface area (Å²) < 4.78 is 0. The lowest BCUT2D eigenvalue weighted by molar-refractivity contribution is 1.28. The molecule has 13 rings (SSSR count). The number of benzene rings is 13. The third kappa shape index (κ3) is 8.44. The third-order valence-electron chi connectivity index (χ3n) is 14.5. The molecule has 0 amide bonds. The van der Waals surface area contributed by atoms with Gasteiger partial charge in [-0.25, -0.2) is 0 Å². The molecule has 342 valence electrons. The van der Waals surface area contributed by atoms with Crippen LogP contribution in [-0.4, -0.2) is 0 Å². The Labute approximate surface area is 427 Å².